The van der Waals surface area contributed by atoms with E-state index in [0.29, 0.717) is 5.82 Å². The highest BCUT2D eigenvalue weighted by molar-refractivity contribution is 5.92. The van der Waals surface area contributed by atoms with Gasteiger partial charge in [-0.25, -0.2) is 15.0 Å². The fourth-order valence-corrected chi connectivity index (χ4v) is 2.87. The summed E-state index contributed by atoms with van der Waals surface area (Å²) in [6.07, 6.45) is 4.91. The highest BCUT2D eigenvalue weighted by Gasteiger charge is 2.10. The van der Waals surface area contributed by atoms with Crippen molar-refractivity contribution < 1.29 is 4.42 Å². The van der Waals surface area contributed by atoms with Gasteiger partial charge >= 0.3 is 0 Å². The van der Waals surface area contributed by atoms with E-state index < -0.39 is 0 Å². The zero-order valence-electron chi connectivity index (χ0n) is 13.6. The molecular formula is C20H13N5O. The summed E-state index contributed by atoms with van der Waals surface area (Å²) in [5.74, 6) is 1.38. The minimum absolute atomic E-state index is 0.648. The second kappa shape index (κ2) is 5.93. The van der Waals surface area contributed by atoms with E-state index in [1.165, 1.54) is 6.39 Å². The topological polar surface area (TPSA) is 76.7 Å². The number of nitrogens with one attached hydrogen (secondary N) is 1. The van der Waals surface area contributed by atoms with Crippen LogP contribution in [0.3, 0.4) is 0 Å². The second-order valence-corrected chi connectivity index (χ2v) is 5.81. The number of hydrogen-bond donors (Lipinski definition) is 1. The molecule has 0 radical (unpaired) electrons. The maximum absolute atomic E-state index is 5.39. The molecule has 0 aliphatic heterocycles. The quantitative estimate of drug-likeness (QED) is 0.518. The van der Waals surface area contributed by atoms with Gasteiger partial charge in [-0.2, -0.15) is 0 Å². The lowest BCUT2D eigenvalue weighted by Crippen LogP contribution is -1.99. The Hall–Kier alpha value is -3.80. The molecule has 0 bridgehead atoms. The van der Waals surface area contributed by atoms with Crippen molar-refractivity contribution in [2.24, 2.45) is 0 Å². The normalized spacial score (nSPS) is 11.1. The number of para-hydroxylation sites is 1. The van der Waals surface area contributed by atoms with Gasteiger partial charge in [0.05, 0.1) is 5.52 Å². The fraction of sp³-hybridized carbons (Fsp3) is 0. The second-order valence-electron chi connectivity index (χ2n) is 5.81. The Balaban J connectivity index is 1.65. The van der Waals surface area contributed by atoms with Gasteiger partial charge in [-0.1, -0.05) is 12.1 Å². The molecule has 0 aliphatic carbocycles. The number of nitrogens with zero attached hydrogens (tertiary/aromatic N) is 4. The standard InChI is InChI=1S/C20H13N5O/c1-2-4-16-15(3-1)20(25-19(24-16)13-7-9-21-10-8-13)23-14-5-6-17-18(11-14)26-12-22-17/h1-12H,(H,23,24,25). The predicted octanol–water partition coefficient (Wildman–Crippen LogP) is 4.58. The van der Waals surface area contributed by atoms with Crippen LogP contribution in [0.4, 0.5) is 11.5 Å². The van der Waals surface area contributed by atoms with Crippen molar-refractivity contribution in [3.05, 3.63) is 73.4 Å². The molecule has 6 nitrogen and oxygen atoms in total. The van der Waals surface area contributed by atoms with E-state index in [1.807, 2.05) is 54.6 Å². The molecule has 3 heterocycles. The number of fused-ring (bicyclic) bond motifs is 2. The highest BCUT2D eigenvalue weighted by Crippen LogP contribution is 2.28. The smallest absolute Gasteiger partial charge is 0.181 e. The number of rotatable bonds is 3. The van der Waals surface area contributed by atoms with Crippen LogP contribution in [-0.2, 0) is 0 Å². The van der Waals surface area contributed by atoms with Crippen LogP contribution in [0.2, 0.25) is 0 Å². The number of benzene rings is 2. The summed E-state index contributed by atoms with van der Waals surface area (Å²) in [4.78, 5) is 17.6. The SMILES string of the molecule is c1ccc2c(Nc3ccc4ncoc4c3)nc(-c3ccncc3)nc2c1. The summed E-state index contributed by atoms with van der Waals surface area (Å²) in [6.45, 7) is 0. The molecular weight excluding hydrogens is 326 g/mol. The predicted molar refractivity (Wildman–Crippen MR) is 100 cm³/mol. The van der Waals surface area contributed by atoms with Gasteiger partial charge in [-0.3, -0.25) is 4.98 Å². The van der Waals surface area contributed by atoms with Crippen molar-refractivity contribution in [3.63, 3.8) is 0 Å². The van der Waals surface area contributed by atoms with Gasteiger partial charge in [0.25, 0.3) is 0 Å². The molecule has 26 heavy (non-hydrogen) atoms. The largest absolute Gasteiger partial charge is 0.443 e. The van der Waals surface area contributed by atoms with Crippen LogP contribution in [0.1, 0.15) is 0 Å². The Bertz CT molecular complexity index is 1220. The van der Waals surface area contributed by atoms with Crippen molar-refractivity contribution >= 4 is 33.5 Å². The van der Waals surface area contributed by atoms with Crippen LogP contribution in [0.5, 0.6) is 0 Å². The lowest BCUT2D eigenvalue weighted by atomic mass is 10.2. The van der Waals surface area contributed by atoms with Gasteiger partial charge in [0, 0.05) is 35.1 Å². The molecule has 0 aliphatic rings. The average molecular weight is 339 g/mol. The van der Waals surface area contributed by atoms with Gasteiger partial charge in [-0.05, 0) is 36.4 Å². The van der Waals surface area contributed by atoms with Gasteiger partial charge in [0.2, 0.25) is 0 Å². The van der Waals surface area contributed by atoms with Crippen molar-refractivity contribution in [1.29, 1.82) is 0 Å². The molecule has 1 N–H and O–H groups in total. The molecule has 5 aromatic rings. The van der Waals surface area contributed by atoms with E-state index >= 15 is 0 Å². The van der Waals surface area contributed by atoms with E-state index in [-0.39, 0.29) is 0 Å². The van der Waals surface area contributed by atoms with Crippen LogP contribution in [0.25, 0.3) is 33.4 Å². The summed E-state index contributed by atoms with van der Waals surface area (Å²) in [7, 11) is 0. The van der Waals surface area contributed by atoms with Crippen molar-refractivity contribution in [2.75, 3.05) is 5.32 Å². The van der Waals surface area contributed by atoms with E-state index in [1.54, 1.807) is 12.4 Å². The number of pyridine rings is 1. The molecule has 0 unspecified atom stereocenters. The Labute approximate surface area is 148 Å². The lowest BCUT2D eigenvalue weighted by molar-refractivity contribution is 0.602. The van der Waals surface area contributed by atoms with E-state index in [2.05, 4.69) is 20.3 Å². The van der Waals surface area contributed by atoms with E-state index in [9.17, 15) is 0 Å². The molecule has 0 saturated heterocycles. The Morgan fingerprint density at radius 3 is 2.65 bits per heavy atom. The Morgan fingerprint density at radius 2 is 1.73 bits per heavy atom. The zero-order chi connectivity index (χ0) is 17.3. The maximum atomic E-state index is 5.39. The van der Waals surface area contributed by atoms with E-state index in [4.69, 9.17) is 9.40 Å². The minimum atomic E-state index is 0.648. The molecule has 6 heteroatoms. The molecule has 0 fully saturated rings. The van der Waals surface area contributed by atoms with Crippen molar-refractivity contribution in [3.8, 4) is 11.4 Å². The van der Waals surface area contributed by atoms with Crippen molar-refractivity contribution in [1.82, 2.24) is 19.9 Å². The molecule has 0 saturated carbocycles. The maximum Gasteiger partial charge on any atom is 0.181 e. The number of anilines is 2. The molecule has 0 atom stereocenters. The Morgan fingerprint density at radius 1 is 0.846 bits per heavy atom. The molecule has 0 spiro atoms. The molecule has 5 rings (SSSR count). The molecule has 0 amide bonds. The van der Waals surface area contributed by atoms with E-state index in [0.717, 1.165) is 39.1 Å². The average Bonchev–Trinajstić information content (AvgIpc) is 3.16. The molecule has 124 valence electrons. The third kappa shape index (κ3) is 2.53. The van der Waals surface area contributed by atoms with Crippen LogP contribution in [0, 0.1) is 0 Å². The first-order valence-electron chi connectivity index (χ1n) is 8.14. The molecule has 2 aromatic carbocycles. The van der Waals surface area contributed by atoms with Gasteiger partial charge in [-0.15, -0.1) is 0 Å². The molecule has 3 aromatic heterocycles. The first kappa shape index (κ1) is 14.5. The zero-order valence-corrected chi connectivity index (χ0v) is 13.6. The summed E-state index contributed by atoms with van der Waals surface area (Å²) in [6, 6.07) is 17.5. The highest BCUT2D eigenvalue weighted by atomic mass is 16.3. The third-order valence-corrected chi connectivity index (χ3v) is 4.14. The van der Waals surface area contributed by atoms with Crippen molar-refractivity contribution in [2.45, 2.75) is 0 Å². The van der Waals surface area contributed by atoms with Gasteiger partial charge in [0.15, 0.2) is 17.8 Å². The first-order chi connectivity index (χ1) is 12.9. The van der Waals surface area contributed by atoms with Crippen LogP contribution >= 0.6 is 0 Å². The van der Waals surface area contributed by atoms with Gasteiger partial charge in [0.1, 0.15) is 11.3 Å². The summed E-state index contributed by atoms with van der Waals surface area (Å²) < 4.78 is 5.39. The number of hydrogen-bond acceptors (Lipinski definition) is 6. The first-order valence-corrected chi connectivity index (χ1v) is 8.14. The van der Waals surface area contributed by atoms with Crippen LogP contribution in [0.15, 0.2) is 77.8 Å². The number of oxazole rings is 1. The minimum Gasteiger partial charge on any atom is -0.443 e. The summed E-state index contributed by atoms with van der Waals surface area (Å²) >= 11 is 0. The summed E-state index contributed by atoms with van der Waals surface area (Å²) in [5.41, 5.74) is 4.21. The number of aromatic nitrogens is 4. The third-order valence-electron chi connectivity index (χ3n) is 4.14. The van der Waals surface area contributed by atoms with Crippen LogP contribution < -0.4 is 5.32 Å². The van der Waals surface area contributed by atoms with Gasteiger partial charge < -0.3 is 9.73 Å². The Kier molecular flexibility index (Phi) is 3.31. The lowest BCUT2D eigenvalue weighted by Gasteiger charge is -2.11. The van der Waals surface area contributed by atoms with Crippen LogP contribution in [-0.4, -0.2) is 19.9 Å². The summed E-state index contributed by atoms with van der Waals surface area (Å²) in [5, 5.41) is 4.33. The fourth-order valence-electron chi connectivity index (χ4n) is 2.87. The monoisotopic (exact) mass is 339 g/mol.